The summed E-state index contributed by atoms with van der Waals surface area (Å²) in [7, 11) is 0. The van der Waals surface area contributed by atoms with Crippen LogP contribution in [0.4, 0.5) is 0 Å². The van der Waals surface area contributed by atoms with E-state index in [0.717, 1.165) is 44.1 Å². The summed E-state index contributed by atoms with van der Waals surface area (Å²) in [6.45, 7) is 15.5. The van der Waals surface area contributed by atoms with Crippen LogP contribution in [0.15, 0.2) is 36.0 Å². The zero-order valence-corrected chi connectivity index (χ0v) is 17.4. The van der Waals surface area contributed by atoms with Gasteiger partial charge in [0.15, 0.2) is 5.78 Å². The van der Waals surface area contributed by atoms with Crippen molar-refractivity contribution in [1.29, 1.82) is 0 Å². The minimum Gasteiger partial charge on any atom is -0.295 e. The van der Waals surface area contributed by atoms with Gasteiger partial charge in [-0.25, -0.2) is 0 Å². The van der Waals surface area contributed by atoms with E-state index in [4.69, 9.17) is 0 Å². The molecule has 2 unspecified atom stereocenters. The fourth-order valence-corrected chi connectivity index (χ4v) is 3.57. The van der Waals surface area contributed by atoms with Crippen molar-refractivity contribution in [3.05, 3.63) is 36.0 Å². The first-order valence-corrected chi connectivity index (χ1v) is 10.3. The van der Waals surface area contributed by atoms with Gasteiger partial charge in [0.2, 0.25) is 0 Å². The minimum absolute atomic E-state index is 0.309. The lowest BCUT2D eigenvalue weighted by Crippen LogP contribution is -2.23. The third-order valence-electron chi connectivity index (χ3n) is 6.21. The molecule has 0 aromatic rings. The topological polar surface area (TPSA) is 17.1 Å². The van der Waals surface area contributed by atoms with E-state index in [1.54, 1.807) is 0 Å². The molecule has 0 heterocycles. The van der Waals surface area contributed by atoms with Crippen molar-refractivity contribution in [2.24, 2.45) is 17.3 Å². The van der Waals surface area contributed by atoms with Crippen molar-refractivity contribution >= 4 is 5.78 Å². The molecule has 0 bridgehead atoms. The maximum Gasteiger partial charge on any atom is 0.158 e. The molecule has 1 aliphatic carbocycles. The first-order chi connectivity index (χ1) is 11.8. The van der Waals surface area contributed by atoms with Crippen LogP contribution < -0.4 is 0 Å². The Kier molecular flexibility index (Phi) is 9.46. The maximum absolute atomic E-state index is 12.5. The molecular weight excluding hydrogens is 304 g/mol. The molecule has 1 aliphatic rings. The summed E-state index contributed by atoms with van der Waals surface area (Å²) < 4.78 is 0. The molecule has 0 saturated heterocycles. The normalized spacial score (nSPS) is 30.3. The van der Waals surface area contributed by atoms with Gasteiger partial charge in [0.05, 0.1) is 0 Å². The summed E-state index contributed by atoms with van der Waals surface area (Å²) in [6.07, 6.45) is 16.0. The molecule has 0 amide bonds. The average Bonchev–Trinajstić information content (AvgIpc) is 2.57. The van der Waals surface area contributed by atoms with Gasteiger partial charge < -0.3 is 0 Å². The molecule has 0 N–H and O–H groups in total. The Hall–Kier alpha value is -1.11. The van der Waals surface area contributed by atoms with Gasteiger partial charge in [-0.15, -0.1) is 6.58 Å². The van der Waals surface area contributed by atoms with Gasteiger partial charge in [-0.2, -0.15) is 0 Å². The van der Waals surface area contributed by atoms with Gasteiger partial charge >= 0.3 is 0 Å². The number of hydrogen-bond donors (Lipinski definition) is 0. The Morgan fingerprint density at radius 2 is 2.00 bits per heavy atom. The fourth-order valence-electron chi connectivity index (χ4n) is 3.57. The van der Waals surface area contributed by atoms with Gasteiger partial charge in [-0.3, -0.25) is 4.79 Å². The molecular formula is C24H40O. The average molecular weight is 345 g/mol. The van der Waals surface area contributed by atoms with E-state index in [1.165, 1.54) is 18.4 Å². The van der Waals surface area contributed by atoms with E-state index < -0.39 is 0 Å². The van der Waals surface area contributed by atoms with Crippen LogP contribution >= 0.6 is 0 Å². The molecule has 0 spiro atoms. The fraction of sp³-hybridized carbons (Fsp3) is 0.708. The zero-order chi connectivity index (χ0) is 18.9. The van der Waals surface area contributed by atoms with Gasteiger partial charge in [0.1, 0.15) is 0 Å². The van der Waals surface area contributed by atoms with E-state index in [-0.39, 0.29) is 0 Å². The smallest absolute Gasteiger partial charge is 0.158 e. The van der Waals surface area contributed by atoms with E-state index in [1.807, 2.05) is 0 Å². The number of Topliss-reactive ketones (excluding diaryl/α,β-unsaturated/α-hetero) is 1. The van der Waals surface area contributed by atoms with Crippen LogP contribution in [-0.2, 0) is 4.79 Å². The summed E-state index contributed by atoms with van der Waals surface area (Å²) in [6, 6.07) is 0. The highest BCUT2D eigenvalue weighted by Gasteiger charge is 2.26. The monoisotopic (exact) mass is 344 g/mol. The van der Waals surface area contributed by atoms with Crippen LogP contribution in [0.5, 0.6) is 0 Å². The zero-order valence-electron chi connectivity index (χ0n) is 17.4. The van der Waals surface area contributed by atoms with E-state index in [0.29, 0.717) is 29.5 Å². The molecule has 0 aliphatic heterocycles. The highest BCUT2D eigenvalue weighted by molar-refractivity contribution is 5.95. The summed E-state index contributed by atoms with van der Waals surface area (Å²) in [5.41, 5.74) is 2.83. The molecule has 25 heavy (non-hydrogen) atoms. The Bertz CT molecular complexity index is 492. The second-order valence-corrected chi connectivity index (χ2v) is 8.69. The van der Waals surface area contributed by atoms with Crippen LogP contribution in [0.3, 0.4) is 0 Å². The number of carbonyl (C=O) groups excluding carboxylic acids is 1. The van der Waals surface area contributed by atoms with Crippen molar-refractivity contribution < 1.29 is 4.79 Å². The van der Waals surface area contributed by atoms with Crippen molar-refractivity contribution in [3.63, 3.8) is 0 Å². The second-order valence-electron chi connectivity index (χ2n) is 8.69. The van der Waals surface area contributed by atoms with Crippen LogP contribution in [0.1, 0.15) is 92.4 Å². The molecule has 0 aromatic heterocycles. The predicted molar refractivity (Wildman–Crippen MR) is 111 cm³/mol. The van der Waals surface area contributed by atoms with Gasteiger partial charge in [-0.1, -0.05) is 51.5 Å². The number of carbonyl (C=O) groups is 1. The van der Waals surface area contributed by atoms with E-state index in [2.05, 4.69) is 59.4 Å². The molecule has 0 saturated carbocycles. The molecule has 1 nitrogen and oxygen atoms in total. The Balaban J connectivity index is 2.97. The van der Waals surface area contributed by atoms with Crippen molar-refractivity contribution in [2.75, 3.05) is 0 Å². The van der Waals surface area contributed by atoms with E-state index >= 15 is 0 Å². The number of rotatable bonds is 4. The largest absolute Gasteiger partial charge is 0.295 e. The van der Waals surface area contributed by atoms with Crippen LogP contribution in [0, 0.1) is 17.3 Å². The first kappa shape index (κ1) is 21.9. The summed E-state index contributed by atoms with van der Waals surface area (Å²) in [5, 5.41) is 0. The quantitative estimate of drug-likeness (QED) is 0.484. The van der Waals surface area contributed by atoms with E-state index in [9.17, 15) is 4.79 Å². The Morgan fingerprint density at radius 1 is 1.28 bits per heavy atom. The molecule has 0 aromatic carbocycles. The van der Waals surface area contributed by atoms with Crippen LogP contribution in [-0.4, -0.2) is 5.78 Å². The standard InChI is InChI=1S/C24H40O/c1-7-10-23(25)22-12-9-11-19(3)13-15-21(8-2)17-18-24(5,6)20(4)14-16-22/h8,12-13,20-21H,2,7,9-11,14-18H2,1,3-6H3/b19-13+,22-12-. The lowest BCUT2D eigenvalue weighted by molar-refractivity contribution is -0.115. The minimum atomic E-state index is 0.309. The van der Waals surface area contributed by atoms with Crippen LogP contribution in [0.2, 0.25) is 0 Å². The third kappa shape index (κ3) is 7.75. The molecule has 0 radical (unpaired) electrons. The highest BCUT2D eigenvalue weighted by atomic mass is 16.1. The highest BCUT2D eigenvalue weighted by Crippen LogP contribution is 2.37. The molecule has 0 fully saturated rings. The van der Waals surface area contributed by atoms with Crippen molar-refractivity contribution in [1.82, 2.24) is 0 Å². The second kappa shape index (κ2) is 10.8. The first-order valence-electron chi connectivity index (χ1n) is 10.3. The molecule has 2 atom stereocenters. The predicted octanol–water partition coefficient (Wildman–Crippen LogP) is 7.44. The van der Waals surface area contributed by atoms with Gasteiger partial charge in [0, 0.05) is 6.42 Å². The Morgan fingerprint density at radius 3 is 2.64 bits per heavy atom. The maximum atomic E-state index is 12.5. The third-order valence-corrected chi connectivity index (χ3v) is 6.21. The SMILES string of the molecule is C=CC1C/C=C(\C)CC/C=C(\C(=O)CCC)CCC(C)C(C)(C)CC1. The summed E-state index contributed by atoms with van der Waals surface area (Å²) in [4.78, 5) is 12.5. The van der Waals surface area contributed by atoms with Crippen LogP contribution in [0.25, 0.3) is 0 Å². The van der Waals surface area contributed by atoms with Crippen molar-refractivity contribution in [3.8, 4) is 0 Å². The van der Waals surface area contributed by atoms with Crippen molar-refractivity contribution in [2.45, 2.75) is 92.4 Å². The number of ketones is 1. The van der Waals surface area contributed by atoms with Gasteiger partial charge in [0.25, 0.3) is 0 Å². The lowest BCUT2D eigenvalue weighted by Gasteiger charge is -2.33. The Labute approximate surface area is 156 Å². The number of hydrogen-bond acceptors (Lipinski definition) is 1. The molecule has 1 rings (SSSR count). The lowest BCUT2D eigenvalue weighted by atomic mass is 9.72. The molecule has 142 valence electrons. The summed E-state index contributed by atoms with van der Waals surface area (Å²) in [5.74, 6) is 1.57. The number of allylic oxidation sites excluding steroid dienone is 5. The summed E-state index contributed by atoms with van der Waals surface area (Å²) >= 11 is 0. The van der Waals surface area contributed by atoms with Gasteiger partial charge in [-0.05, 0) is 81.1 Å². The molecule has 1 heteroatoms.